The van der Waals surface area contributed by atoms with Crippen molar-refractivity contribution in [3.8, 4) is 11.4 Å². The maximum Gasteiger partial charge on any atom is 0.243 e. The molecule has 1 saturated heterocycles. The van der Waals surface area contributed by atoms with Crippen molar-refractivity contribution in [2.75, 3.05) is 13.1 Å². The number of sulfonamides is 1. The fourth-order valence-corrected chi connectivity index (χ4v) is 6.12. The number of nitrogens with one attached hydrogen (secondary N) is 1. The lowest BCUT2D eigenvalue weighted by atomic mass is 9.97. The summed E-state index contributed by atoms with van der Waals surface area (Å²) in [5.74, 6) is 1.14. The van der Waals surface area contributed by atoms with Gasteiger partial charge in [-0.25, -0.2) is 8.42 Å². The lowest BCUT2D eigenvalue weighted by Gasteiger charge is -2.31. The molecule has 2 heterocycles. The third-order valence-corrected chi connectivity index (χ3v) is 8.89. The molecule has 0 spiro atoms. The number of nitrogens with zero attached hydrogens (tertiary/aromatic N) is 3. The molecular formula is C26H30N4O4S. The molecule has 9 heteroatoms. The first kappa shape index (κ1) is 23.7. The second-order valence-electron chi connectivity index (χ2n) is 9.59. The molecule has 0 radical (unpaired) electrons. The van der Waals surface area contributed by atoms with E-state index in [4.69, 9.17) is 4.52 Å². The molecule has 1 aromatic heterocycles. The first-order valence-electron chi connectivity index (χ1n) is 12.1. The molecule has 2 aromatic carbocycles. The number of piperidine rings is 1. The van der Waals surface area contributed by atoms with Gasteiger partial charge < -0.3 is 9.84 Å². The molecule has 1 aliphatic heterocycles. The maximum absolute atomic E-state index is 13.5. The summed E-state index contributed by atoms with van der Waals surface area (Å²) < 4.78 is 33.8. The first-order valence-corrected chi connectivity index (χ1v) is 13.5. The van der Waals surface area contributed by atoms with Crippen LogP contribution in [0, 0.1) is 19.8 Å². The van der Waals surface area contributed by atoms with Crippen LogP contribution in [-0.4, -0.2) is 41.9 Å². The average Bonchev–Trinajstić information content (AvgIpc) is 3.60. The highest BCUT2D eigenvalue weighted by Crippen LogP contribution is 2.39. The second kappa shape index (κ2) is 9.54. The molecule has 5 rings (SSSR count). The zero-order chi connectivity index (χ0) is 24.6. The maximum atomic E-state index is 13.5. The van der Waals surface area contributed by atoms with Crippen molar-refractivity contribution >= 4 is 15.9 Å². The minimum atomic E-state index is -3.71. The minimum Gasteiger partial charge on any atom is -0.352 e. The normalized spacial score (nSPS) is 17.4. The number of aromatic nitrogens is 2. The summed E-state index contributed by atoms with van der Waals surface area (Å²) in [5, 5.41) is 7.04. The number of benzene rings is 2. The molecule has 1 N–H and O–H groups in total. The van der Waals surface area contributed by atoms with Crippen LogP contribution in [0.4, 0.5) is 0 Å². The molecule has 0 unspecified atom stereocenters. The second-order valence-corrected chi connectivity index (χ2v) is 11.5. The molecule has 0 atom stereocenters. The Morgan fingerprint density at radius 1 is 1.06 bits per heavy atom. The third-order valence-electron chi connectivity index (χ3n) is 6.84. The molecule has 184 valence electrons. The van der Waals surface area contributed by atoms with E-state index in [1.807, 2.05) is 37.3 Å². The molecule has 2 aliphatic rings. The van der Waals surface area contributed by atoms with Crippen LogP contribution in [0.15, 0.2) is 51.9 Å². The number of carbonyl (C=O) groups is 1. The van der Waals surface area contributed by atoms with Crippen molar-refractivity contribution in [1.29, 1.82) is 0 Å². The average molecular weight is 495 g/mol. The summed E-state index contributed by atoms with van der Waals surface area (Å²) in [4.78, 5) is 17.4. The Kier molecular flexibility index (Phi) is 6.46. The fraction of sp³-hybridized carbons (Fsp3) is 0.423. The molecule has 1 aliphatic carbocycles. The van der Waals surface area contributed by atoms with E-state index in [0.717, 1.165) is 18.4 Å². The predicted octanol–water partition coefficient (Wildman–Crippen LogP) is 3.95. The monoisotopic (exact) mass is 494 g/mol. The van der Waals surface area contributed by atoms with E-state index in [2.05, 4.69) is 15.5 Å². The van der Waals surface area contributed by atoms with Crippen LogP contribution in [0.2, 0.25) is 0 Å². The van der Waals surface area contributed by atoms with Crippen LogP contribution >= 0.6 is 0 Å². The Bertz CT molecular complexity index is 1320. The smallest absolute Gasteiger partial charge is 0.243 e. The SMILES string of the molecule is Cc1ccc(CNC(=O)C2CCN(S(=O)(=O)c3cc(-c4noc(C5CC5)n4)ccc3C)CC2)cc1. The van der Waals surface area contributed by atoms with Crippen molar-refractivity contribution < 1.29 is 17.7 Å². The quantitative estimate of drug-likeness (QED) is 0.533. The van der Waals surface area contributed by atoms with Gasteiger partial charge in [0, 0.05) is 37.0 Å². The summed E-state index contributed by atoms with van der Waals surface area (Å²) in [5.41, 5.74) is 3.51. The largest absolute Gasteiger partial charge is 0.352 e. The van der Waals surface area contributed by atoms with Gasteiger partial charge in [-0.15, -0.1) is 0 Å². The Balaban J connectivity index is 1.23. The predicted molar refractivity (Wildman–Crippen MR) is 131 cm³/mol. The van der Waals surface area contributed by atoms with Crippen molar-refractivity contribution in [3.63, 3.8) is 0 Å². The van der Waals surface area contributed by atoms with Crippen molar-refractivity contribution in [1.82, 2.24) is 19.8 Å². The van der Waals surface area contributed by atoms with E-state index < -0.39 is 10.0 Å². The number of hydrogen-bond donors (Lipinski definition) is 1. The van der Waals surface area contributed by atoms with Gasteiger partial charge in [0.25, 0.3) is 0 Å². The zero-order valence-corrected chi connectivity index (χ0v) is 20.8. The van der Waals surface area contributed by atoms with Gasteiger partial charge in [-0.05, 0) is 56.7 Å². The Labute approximate surface area is 205 Å². The zero-order valence-electron chi connectivity index (χ0n) is 20.0. The number of hydrogen-bond acceptors (Lipinski definition) is 6. The highest BCUT2D eigenvalue weighted by molar-refractivity contribution is 7.89. The van der Waals surface area contributed by atoms with Crippen LogP contribution in [0.1, 0.15) is 54.2 Å². The van der Waals surface area contributed by atoms with Crippen LogP contribution < -0.4 is 5.32 Å². The van der Waals surface area contributed by atoms with E-state index in [9.17, 15) is 13.2 Å². The van der Waals surface area contributed by atoms with E-state index in [1.165, 1.54) is 9.87 Å². The molecule has 3 aromatic rings. The van der Waals surface area contributed by atoms with Gasteiger partial charge in [0.1, 0.15) is 0 Å². The van der Waals surface area contributed by atoms with Gasteiger partial charge in [-0.1, -0.05) is 47.1 Å². The highest BCUT2D eigenvalue weighted by atomic mass is 32.2. The van der Waals surface area contributed by atoms with E-state index in [1.54, 1.807) is 19.1 Å². The van der Waals surface area contributed by atoms with Crippen LogP contribution in [0.5, 0.6) is 0 Å². The number of amides is 1. The van der Waals surface area contributed by atoms with Gasteiger partial charge in [0.05, 0.1) is 4.90 Å². The van der Waals surface area contributed by atoms with Gasteiger partial charge in [0.15, 0.2) is 0 Å². The van der Waals surface area contributed by atoms with E-state index >= 15 is 0 Å². The Morgan fingerprint density at radius 3 is 2.46 bits per heavy atom. The number of rotatable bonds is 7. The number of aryl methyl sites for hydroxylation is 2. The van der Waals surface area contributed by atoms with Crippen LogP contribution in [0.25, 0.3) is 11.4 Å². The van der Waals surface area contributed by atoms with Gasteiger partial charge in [0.2, 0.25) is 27.6 Å². The highest BCUT2D eigenvalue weighted by Gasteiger charge is 2.34. The topological polar surface area (TPSA) is 105 Å². The summed E-state index contributed by atoms with van der Waals surface area (Å²) >= 11 is 0. The van der Waals surface area contributed by atoms with Gasteiger partial charge in [-0.3, -0.25) is 4.79 Å². The van der Waals surface area contributed by atoms with Crippen molar-refractivity contribution in [2.24, 2.45) is 5.92 Å². The fourth-order valence-electron chi connectivity index (χ4n) is 4.40. The van der Waals surface area contributed by atoms with E-state index in [0.29, 0.717) is 61.2 Å². The lowest BCUT2D eigenvalue weighted by Crippen LogP contribution is -2.43. The summed E-state index contributed by atoms with van der Waals surface area (Å²) in [7, 11) is -3.71. The van der Waals surface area contributed by atoms with Crippen LogP contribution in [0.3, 0.4) is 0 Å². The number of carbonyl (C=O) groups excluding carboxylic acids is 1. The molecule has 1 saturated carbocycles. The Morgan fingerprint density at radius 2 is 1.77 bits per heavy atom. The summed E-state index contributed by atoms with van der Waals surface area (Å²) in [6, 6.07) is 13.3. The first-order chi connectivity index (χ1) is 16.8. The molecule has 2 fully saturated rings. The van der Waals surface area contributed by atoms with Crippen LogP contribution in [-0.2, 0) is 21.4 Å². The van der Waals surface area contributed by atoms with Crippen molar-refractivity contribution in [2.45, 2.75) is 56.9 Å². The standard InChI is InChI=1S/C26H30N4O4S/c1-17-3-6-19(7-4-17)16-27-25(31)20-11-13-30(14-12-20)35(32,33)23-15-22(8-5-18(23)2)24-28-26(34-29-24)21-9-10-21/h3-8,15,20-21H,9-14,16H2,1-2H3,(H,27,31). The van der Waals surface area contributed by atoms with Gasteiger partial charge in [-0.2, -0.15) is 9.29 Å². The molecule has 1 amide bonds. The summed E-state index contributed by atoms with van der Waals surface area (Å²) in [6.45, 7) is 4.90. The molecule has 0 bridgehead atoms. The van der Waals surface area contributed by atoms with E-state index in [-0.39, 0.29) is 16.7 Å². The third kappa shape index (κ3) is 5.16. The molecular weight excluding hydrogens is 464 g/mol. The molecule has 8 nitrogen and oxygen atoms in total. The molecule has 35 heavy (non-hydrogen) atoms. The van der Waals surface area contributed by atoms with Crippen molar-refractivity contribution in [3.05, 3.63) is 65.0 Å². The summed E-state index contributed by atoms with van der Waals surface area (Å²) in [6.07, 6.45) is 3.09. The Hall–Kier alpha value is -3.04. The lowest BCUT2D eigenvalue weighted by molar-refractivity contribution is -0.126. The minimum absolute atomic E-state index is 0.0237. The van der Waals surface area contributed by atoms with Gasteiger partial charge >= 0.3 is 0 Å².